The van der Waals surface area contributed by atoms with Crippen molar-refractivity contribution in [1.82, 2.24) is 9.97 Å². The lowest BCUT2D eigenvalue weighted by Crippen LogP contribution is -2.00. The lowest BCUT2D eigenvalue weighted by atomic mass is 10.2. The van der Waals surface area contributed by atoms with Crippen LogP contribution >= 0.6 is 11.6 Å². The Morgan fingerprint density at radius 1 is 1.39 bits per heavy atom. The average molecular weight is 268 g/mol. The van der Waals surface area contributed by atoms with Gasteiger partial charge in [-0.3, -0.25) is 0 Å². The molecule has 4 nitrogen and oxygen atoms in total. The number of aryl methyl sites for hydroxylation is 1. The van der Waals surface area contributed by atoms with Crippen LogP contribution in [0.4, 0.5) is 15.9 Å². The molecule has 0 unspecified atom stereocenters. The summed E-state index contributed by atoms with van der Waals surface area (Å²) in [7, 11) is 1.59. The van der Waals surface area contributed by atoms with Crippen LogP contribution < -0.4 is 10.1 Å². The molecule has 0 radical (unpaired) electrons. The van der Waals surface area contributed by atoms with Crippen LogP contribution in [-0.4, -0.2) is 17.1 Å². The Labute approximate surface area is 109 Å². The standard InChI is InChI=1S/C12H11ClFN3O/c1-7-5-8(18-2)3-4-10(7)16-11-9(14)6-15-12(13)17-11/h3-6H,1-2H3,(H,15,16,17). The molecule has 1 N–H and O–H groups in total. The zero-order valence-electron chi connectivity index (χ0n) is 9.87. The molecule has 1 aromatic heterocycles. The van der Waals surface area contributed by atoms with Gasteiger partial charge in [0.2, 0.25) is 5.28 Å². The van der Waals surface area contributed by atoms with E-state index in [1.165, 1.54) is 0 Å². The number of ether oxygens (including phenoxy) is 1. The molecule has 1 aromatic carbocycles. The van der Waals surface area contributed by atoms with E-state index in [4.69, 9.17) is 16.3 Å². The smallest absolute Gasteiger partial charge is 0.224 e. The van der Waals surface area contributed by atoms with Gasteiger partial charge in [0.1, 0.15) is 5.75 Å². The number of rotatable bonds is 3. The Kier molecular flexibility index (Phi) is 3.62. The Morgan fingerprint density at radius 3 is 2.83 bits per heavy atom. The lowest BCUT2D eigenvalue weighted by molar-refractivity contribution is 0.414. The SMILES string of the molecule is COc1ccc(Nc2nc(Cl)ncc2F)c(C)c1. The Hall–Kier alpha value is -1.88. The van der Waals surface area contributed by atoms with Crippen molar-refractivity contribution < 1.29 is 9.13 Å². The van der Waals surface area contributed by atoms with Crippen LogP contribution in [0.3, 0.4) is 0 Å². The molecule has 0 aliphatic rings. The van der Waals surface area contributed by atoms with E-state index in [1.807, 2.05) is 13.0 Å². The van der Waals surface area contributed by atoms with Crippen LogP contribution in [-0.2, 0) is 0 Å². The third kappa shape index (κ3) is 2.68. The van der Waals surface area contributed by atoms with E-state index < -0.39 is 5.82 Å². The molecule has 0 amide bonds. The molecular weight excluding hydrogens is 257 g/mol. The maximum atomic E-state index is 13.5. The minimum Gasteiger partial charge on any atom is -0.497 e. The highest BCUT2D eigenvalue weighted by Gasteiger charge is 2.08. The van der Waals surface area contributed by atoms with Crippen LogP contribution in [0, 0.1) is 12.7 Å². The fraction of sp³-hybridized carbons (Fsp3) is 0.167. The summed E-state index contributed by atoms with van der Waals surface area (Å²) in [4.78, 5) is 7.34. The molecule has 0 aliphatic heterocycles. The minimum atomic E-state index is -0.561. The van der Waals surface area contributed by atoms with Crippen LogP contribution in [0.2, 0.25) is 5.28 Å². The lowest BCUT2D eigenvalue weighted by Gasteiger charge is -2.10. The number of aromatic nitrogens is 2. The molecular formula is C12H11ClFN3O. The van der Waals surface area contributed by atoms with Gasteiger partial charge in [0.25, 0.3) is 0 Å². The number of methoxy groups -OCH3 is 1. The predicted molar refractivity (Wildman–Crippen MR) is 68.0 cm³/mol. The van der Waals surface area contributed by atoms with E-state index >= 15 is 0 Å². The summed E-state index contributed by atoms with van der Waals surface area (Å²) >= 11 is 5.62. The van der Waals surface area contributed by atoms with E-state index in [9.17, 15) is 4.39 Å². The summed E-state index contributed by atoms with van der Waals surface area (Å²) in [6.07, 6.45) is 1.02. The zero-order chi connectivity index (χ0) is 13.1. The summed E-state index contributed by atoms with van der Waals surface area (Å²) in [6.45, 7) is 1.88. The molecule has 0 saturated heterocycles. The first-order valence-corrected chi connectivity index (χ1v) is 5.57. The second-order valence-electron chi connectivity index (χ2n) is 3.64. The van der Waals surface area contributed by atoms with Gasteiger partial charge in [0, 0.05) is 5.69 Å². The Balaban J connectivity index is 2.31. The summed E-state index contributed by atoms with van der Waals surface area (Å²) in [5.41, 5.74) is 1.63. The summed E-state index contributed by atoms with van der Waals surface area (Å²) in [5.74, 6) is 0.220. The van der Waals surface area contributed by atoms with Crippen molar-refractivity contribution in [2.45, 2.75) is 6.92 Å². The van der Waals surface area contributed by atoms with Gasteiger partial charge in [-0.1, -0.05) is 0 Å². The van der Waals surface area contributed by atoms with Crippen LogP contribution in [0.15, 0.2) is 24.4 Å². The van der Waals surface area contributed by atoms with Gasteiger partial charge in [0.15, 0.2) is 11.6 Å². The highest BCUT2D eigenvalue weighted by molar-refractivity contribution is 6.28. The minimum absolute atomic E-state index is 0.00920. The molecule has 18 heavy (non-hydrogen) atoms. The van der Waals surface area contributed by atoms with Gasteiger partial charge in [-0.05, 0) is 42.3 Å². The fourth-order valence-electron chi connectivity index (χ4n) is 1.46. The summed E-state index contributed by atoms with van der Waals surface area (Å²) < 4.78 is 18.6. The van der Waals surface area contributed by atoms with Gasteiger partial charge in [0.05, 0.1) is 13.3 Å². The molecule has 1 heterocycles. The number of hydrogen-bond acceptors (Lipinski definition) is 4. The number of nitrogens with zero attached hydrogens (tertiary/aromatic N) is 2. The van der Waals surface area contributed by atoms with Crippen molar-refractivity contribution in [1.29, 1.82) is 0 Å². The van der Waals surface area contributed by atoms with E-state index in [-0.39, 0.29) is 11.1 Å². The highest BCUT2D eigenvalue weighted by atomic mass is 35.5. The maximum Gasteiger partial charge on any atom is 0.224 e. The second-order valence-corrected chi connectivity index (χ2v) is 3.98. The molecule has 2 rings (SSSR count). The topological polar surface area (TPSA) is 47.0 Å². The largest absolute Gasteiger partial charge is 0.497 e. The van der Waals surface area contributed by atoms with Crippen molar-refractivity contribution in [3.8, 4) is 5.75 Å². The van der Waals surface area contributed by atoms with Gasteiger partial charge < -0.3 is 10.1 Å². The average Bonchev–Trinajstić information content (AvgIpc) is 2.36. The number of anilines is 2. The first-order valence-electron chi connectivity index (χ1n) is 5.20. The molecule has 0 atom stereocenters. The number of nitrogens with one attached hydrogen (secondary N) is 1. The molecule has 6 heteroatoms. The molecule has 0 bridgehead atoms. The van der Waals surface area contributed by atoms with E-state index in [0.29, 0.717) is 0 Å². The van der Waals surface area contributed by atoms with Gasteiger partial charge >= 0.3 is 0 Å². The van der Waals surface area contributed by atoms with Crippen molar-refractivity contribution in [2.75, 3.05) is 12.4 Å². The van der Waals surface area contributed by atoms with Crippen LogP contribution in [0.5, 0.6) is 5.75 Å². The monoisotopic (exact) mass is 267 g/mol. The van der Waals surface area contributed by atoms with E-state index in [2.05, 4.69) is 15.3 Å². The van der Waals surface area contributed by atoms with E-state index in [0.717, 1.165) is 23.2 Å². The molecule has 0 spiro atoms. The first kappa shape index (κ1) is 12.6. The number of hydrogen-bond donors (Lipinski definition) is 1. The second kappa shape index (κ2) is 5.18. The van der Waals surface area contributed by atoms with Crippen molar-refractivity contribution in [3.63, 3.8) is 0 Å². The highest BCUT2D eigenvalue weighted by Crippen LogP contribution is 2.25. The number of benzene rings is 1. The molecule has 0 aliphatic carbocycles. The van der Waals surface area contributed by atoms with Gasteiger partial charge in [-0.2, -0.15) is 4.98 Å². The summed E-state index contributed by atoms with van der Waals surface area (Å²) in [5, 5.41) is 2.86. The predicted octanol–water partition coefficient (Wildman–Crippen LogP) is 3.33. The maximum absolute atomic E-state index is 13.5. The van der Waals surface area contributed by atoms with Gasteiger partial charge in [-0.15, -0.1) is 0 Å². The van der Waals surface area contributed by atoms with Crippen molar-refractivity contribution in [2.24, 2.45) is 0 Å². The molecule has 94 valence electrons. The first-order chi connectivity index (χ1) is 8.60. The van der Waals surface area contributed by atoms with Crippen LogP contribution in [0.25, 0.3) is 0 Å². The Bertz CT molecular complexity index is 577. The summed E-state index contributed by atoms with van der Waals surface area (Å²) in [6, 6.07) is 5.39. The third-order valence-electron chi connectivity index (χ3n) is 2.40. The quantitative estimate of drug-likeness (QED) is 0.867. The van der Waals surface area contributed by atoms with E-state index in [1.54, 1.807) is 19.2 Å². The van der Waals surface area contributed by atoms with Crippen molar-refractivity contribution >= 4 is 23.1 Å². The normalized spacial score (nSPS) is 10.2. The van der Waals surface area contributed by atoms with Gasteiger partial charge in [-0.25, -0.2) is 9.37 Å². The van der Waals surface area contributed by atoms with Crippen molar-refractivity contribution in [3.05, 3.63) is 41.1 Å². The molecule has 0 fully saturated rings. The number of halogens is 2. The van der Waals surface area contributed by atoms with Crippen LogP contribution in [0.1, 0.15) is 5.56 Å². The molecule has 2 aromatic rings. The zero-order valence-corrected chi connectivity index (χ0v) is 10.6. The fourth-order valence-corrected chi connectivity index (χ4v) is 1.60. The Morgan fingerprint density at radius 2 is 2.17 bits per heavy atom. The third-order valence-corrected chi connectivity index (χ3v) is 2.58. The molecule has 0 saturated carbocycles.